The van der Waals surface area contributed by atoms with Crippen LogP contribution in [0.2, 0.25) is 0 Å². The Morgan fingerprint density at radius 3 is 2.86 bits per heavy atom. The van der Waals surface area contributed by atoms with Gasteiger partial charge in [-0.3, -0.25) is 4.79 Å². The minimum Gasteiger partial charge on any atom is -0.350 e. The van der Waals surface area contributed by atoms with E-state index in [1.807, 2.05) is 0 Å². The van der Waals surface area contributed by atoms with Crippen molar-refractivity contribution in [2.45, 2.75) is 11.2 Å². The molecule has 1 amide bonds. The van der Waals surface area contributed by atoms with E-state index in [0.717, 1.165) is 0 Å². The molecule has 1 saturated heterocycles. The molecule has 0 aromatic carbocycles. The van der Waals surface area contributed by atoms with E-state index in [1.54, 1.807) is 6.54 Å². The molecule has 0 spiro atoms. The van der Waals surface area contributed by atoms with E-state index in [-0.39, 0.29) is 10.7 Å². The smallest absolute Gasteiger partial charge is 0.221 e. The monoisotopic (exact) mass is 162 g/mol. The standard InChI is InChI=1S/C4H5BrNO/c5-3-1-4(7)6-2-3/h2-3H,1H2,(H,6,7). The summed E-state index contributed by atoms with van der Waals surface area (Å²) in [5, 5.41) is 2.56. The Labute approximate surface area is 50.4 Å². The summed E-state index contributed by atoms with van der Waals surface area (Å²) in [5.74, 6) is 0.0990. The average Bonchev–Trinajstić information content (AvgIpc) is 1.87. The van der Waals surface area contributed by atoms with E-state index in [1.165, 1.54) is 0 Å². The zero-order valence-corrected chi connectivity index (χ0v) is 5.23. The van der Waals surface area contributed by atoms with Gasteiger partial charge in [0.25, 0.3) is 0 Å². The maximum Gasteiger partial charge on any atom is 0.221 e. The summed E-state index contributed by atoms with van der Waals surface area (Å²) >= 11 is 3.24. The lowest BCUT2D eigenvalue weighted by molar-refractivity contribution is -0.118. The molecule has 1 atom stereocenters. The molecule has 1 unspecified atom stereocenters. The minimum atomic E-state index is 0.0990. The third-order valence-corrected chi connectivity index (χ3v) is 1.39. The molecule has 1 heterocycles. The molecule has 39 valence electrons. The number of hydrogen-bond donors (Lipinski definition) is 1. The van der Waals surface area contributed by atoms with E-state index < -0.39 is 0 Å². The Morgan fingerprint density at radius 2 is 2.71 bits per heavy atom. The number of carbonyl (C=O) groups excluding carboxylic acids is 1. The molecule has 7 heavy (non-hydrogen) atoms. The van der Waals surface area contributed by atoms with Crippen molar-refractivity contribution in [3.05, 3.63) is 6.54 Å². The third kappa shape index (κ3) is 1.16. The van der Waals surface area contributed by atoms with Gasteiger partial charge in [0.1, 0.15) is 0 Å². The summed E-state index contributed by atoms with van der Waals surface area (Å²) in [6.45, 7) is 1.74. The highest BCUT2D eigenvalue weighted by atomic mass is 79.9. The molecule has 3 heteroatoms. The topological polar surface area (TPSA) is 29.1 Å². The summed E-state index contributed by atoms with van der Waals surface area (Å²) in [6.07, 6.45) is 0.583. The van der Waals surface area contributed by atoms with E-state index in [0.29, 0.717) is 6.42 Å². The summed E-state index contributed by atoms with van der Waals surface area (Å²) in [5.41, 5.74) is 0. The molecule has 1 radical (unpaired) electrons. The molecule has 0 aromatic rings. The van der Waals surface area contributed by atoms with Crippen molar-refractivity contribution in [1.29, 1.82) is 0 Å². The Kier molecular flexibility index (Phi) is 1.32. The van der Waals surface area contributed by atoms with Crippen LogP contribution >= 0.6 is 15.9 Å². The first-order chi connectivity index (χ1) is 3.29. The number of halogens is 1. The van der Waals surface area contributed by atoms with Gasteiger partial charge < -0.3 is 5.32 Å². The van der Waals surface area contributed by atoms with Crippen LogP contribution in [0, 0.1) is 6.54 Å². The van der Waals surface area contributed by atoms with Crippen molar-refractivity contribution in [2.24, 2.45) is 0 Å². The van der Waals surface area contributed by atoms with Crippen LogP contribution in [-0.4, -0.2) is 10.7 Å². The maximum atomic E-state index is 10.3. The molecule has 0 bridgehead atoms. The Morgan fingerprint density at radius 1 is 2.00 bits per heavy atom. The second-order valence-corrected chi connectivity index (χ2v) is 2.63. The van der Waals surface area contributed by atoms with Crippen LogP contribution in [0.25, 0.3) is 0 Å². The molecular weight excluding hydrogens is 158 g/mol. The van der Waals surface area contributed by atoms with Crippen LogP contribution < -0.4 is 5.32 Å². The van der Waals surface area contributed by atoms with Crippen molar-refractivity contribution in [3.63, 3.8) is 0 Å². The van der Waals surface area contributed by atoms with Crippen molar-refractivity contribution in [3.8, 4) is 0 Å². The lowest BCUT2D eigenvalue weighted by Crippen LogP contribution is -2.09. The summed E-state index contributed by atoms with van der Waals surface area (Å²) < 4.78 is 0. The lowest BCUT2D eigenvalue weighted by atomic mass is 10.4. The number of amides is 1. The Bertz CT molecular complexity index is 93.7. The molecule has 0 saturated carbocycles. The highest BCUT2D eigenvalue weighted by molar-refractivity contribution is 9.09. The zero-order chi connectivity index (χ0) is 5.28. The van der Waals surface area contributed by atoms with Crippen LogP contribution in [0.15, 0.2) is 0 Å². The average molecular weight is 163 g/mol. The largest absolute Gasteiger partial charge is 0.350 e. The van der Waals surface area contributed by atoms with Crippen LogP contribution in [0.3, 0.4) is 0 Å². The minimum absolute atomic E-state index is 0.0990. The van der Waals surface area contributed by atoms with Gasteiger partial charge in [-0.2, -0.15) is 0 Å². The van der Waals surface area contributed by atoms with E-state index in [4.69, 9.17) is 0 Å². The van der Waals surface area contributed by atoms with Gasteiger partial charge >= 0.3 is 0 Å². The van der Waals surface area contributed by atoms with Crippen molar-refractivity contribution >= 4 is 21.8 Å². The van der Waals surface area contributed by atoms with Crippen LogP contribution in [0.1, 0.15) is 6.42 Å². The van der Waals surface area contributed by atoms with Gasteiger partial charge in [-0.05, 0) is 0 Å². The Hall–Kier alpha value is -0.0500. The zero-order valence-electron chi connectivity index (χ0n) is 3.65. The van der Waals surface area contributed by atoms with Crippen LogP contribution in [0.4, 0.5) is 0 Å². The quantitative estimate of drug-likeness (QED) is 0.515. The first kappa shape index (κ1) is 5.09. The highest BCUT2D eigenvalue weighted by Crippen LogP contribution is 2.11. The molecule has 1 aliphatic heterocycles. The van der Waals surface area contributed by atoms with Gasteiger partial charge in [-0.15, -0.1) is 0 Å². The first-order valence-corrected chi connectivity index (χ1v) is 2.97. The third-order valence-electron chi connectivity index (χ3n) is 0.806. The second-order valence-electron chi connectivity index (χ2n) is 1.45. The van der Waals surface area contributed by atoms with Gasteiger partial charge in [0, 0.05) is 11.2 Å². The molecule has 1 N–H and O–H groups in total. The SMILES string of the molecule is O=C1CC(Br)[CH]N1. The van der Waals surface area contributed by atoms with Gasteiger partial charge in [-0.1, -0.05) is 15.9 Å². The fourth-order valence-corrected chi connectivity index (χ4v) is 0.905. The molecule has 1 fully saturated rings. The first-order valence-electron chi connectivity index (χ1n) is 2.06. The fourth-order valence-electron chi connectivity index (χ4n) is 0.478. The van der Waals surface area contributed by atoms with Gasteiger partial charge in [0.15, 0.2) is 0 Å². The molecular formula is C4H5BrNO. The van der Waals surface area contributed by atoms with Gasteiger partial charge in [0.05, 0.1) is 6.54 Å². The Balaban J connectivity index is 2.40. The van der Waals surface area contributed by atoms with Crippen molar-refractivity contribution in [2.75, 3.05) is 0 Å². The van der Waals surface area contributed by atoms with Crippen LogP contribution in [0.5, 0.6) is 0 Å². The van der Waals surface area contributed by atoms with Crippen molar-refractivity contribution < 1.29 is 4.79 Å². The predicted molar refractivity (Wildman–Crippen MR) is 29.8 cm³/mol. The maximum absolute atomic E-state index is 10.3. The number of hydrogen-bond acceptors (Lipinski definition) is 1. The second kappa shape index (κ2) is 1.82. The number of nitrogens with one attached hydrogen (secondary N) is 1. The molecule has 0 aromatic heterocycles. The molecule has 1 rings (SSSR count). The lowest BCUT2D eigenvalue weighted by Gasteiger charge is -1.85. The number of rotatable bonds is 0. The van der Waals surface area contributed by atoms with Crippen LogP contribution in [-0.2, 0) is 4.79 Å². The summed E-state index contributed by atoms with van der Waals surface area (Å²) in [4.78, 5) is 10.5. The molecule has 1 aliphatic rings. The summed E-state index contributed by atoms with van der Waals surface area (Å²) in [6, 6.07) is 0. The van der Waals surface area contributed by atoms with Gasteiger partial charge in [0.2, 0.25) is 5.91 Å². The van der Waals surface area contributed by atoms with Gasteiger partial charge in [-0.25, -0.2) is 0 Å². The fraction of sp³-hybridized carbons (Fsp3) is 0.500. The number of carbonyl (C=O) groups is 1. The molecule has 2 nitrogen and oxygen atoms in total. The summed E-state index contributed by atoms with van der Waals surface area (Å²) in [7, 11) is 0. The van der Waals surface area contributed by atoms with E-state index >= 15 is 0 Å². The highest BCUT2D eigenvalue weighted by Gasteiger charge is 2.17. The predicted octanol–water partition coefficient (Wildman–Crippen LogP) is 0.432. The van der Waals surface area contributed by atoms with E-state index in [9.17, 15) is 4.79 Å². The number of alkyl halides is 1. The van der Waals surface area contributed by atoms with E-state index in [2.05, 4.69) is 21.2 Å². The molecule has 0 aliphatic carbocycles. The van der Waals surface area contributed by atoms with Crippen molar-refractivity contribution in [1.82, 2.24) is 5.32 Å². The normalized spacial score (nSPS) is 30.4.